The van der Waals surface area contributed by atoms with Crippen molar-refractivity contribution in [3.8, 4) is 11.1 Å². The van der Waals surface area contributed by atoms with E-state index in [4.69, 9.17) is 29.9 Å². The Morgan fingerprint density at radius 2 is 1.52 bits per heavy atom. The Labute approximate surface area is 165 Å². The maximum atomic E-state index is 12.3. The lowest BCUT2D eigenvalue weighted by Gasteiger charge is -2.22. The molecule has 0 aliphatic carbocycles. The van der Waals surface area contributed by atoms with Gasteiger partial charge in [0.1, 0.15) is 36.3 Å². The highest BCUT2D eigenvalue weighted by atomic mass is 16.4. The number of rotatable bonds is 6. The van der Waals surface area contributed by atoms with Crippen molar-refractivity contribution in [2.24, 2.45) is 0 Å². The largest absolute Gasteiger partial charge is 0.463 e. The topological polar surface area (TPSA) is 148 Å². The van der Waals surface area contributed by atoms with Crippen LogP contribution in [0.3, 0.4) is 0 Å². The van der Waals surface area contributed by atoms with Gasteiger partial charge in [-0.3, -0.25) is 4.79 Å². The van der Waals surface area contributed by atoms with Gasteiger partial charge in [0, 0.05) is 0 Å². The quantitative estimate of drug-likeness (QED) is 0.364. The van der Waals surface area contributed by atoms with E-state index in [1.807, 2.05) is 42.5 Å². The van der Waals surface area contributed by atoms with E-state index in [1.54, 1.807) is 12.1 Å². The minimum absolute atomic E-state index is 0.0121. The van der Waals surface area contributed by atoms with Crippen LogP contribution in [-0.2, 0) is 4.79 Å². The molecule has 4 atom stereocenters. The number of aldehydes is 1. The van der Waals surface area contributed by atoms with E-state index in [0.29, 0.717) is 16.5 Å². The molecule has 0 fully saturated rings. The standard InChI is InChI=1S/C15H10O2.C6H12O6/c16-15-12-8-4-5-9-14(12)17-10-13(15)11-6-2-1-3-7-11;7-1-3(9)5(11)6(12)4(10)2-8/h1-10H;1,3-6,8-12H,2H2/t;3-,4+,5+,6+/m.0/s1. The Morgan fingerprint density at radius 3 is 2.14 bits per heavy atom. The van der Waals surface area contributed by atoms with Crippen molar-refractivity contribution in [3.05, 3.63) is 71.1 Å². The first-order valence-electron chi connectivity index (χ1n) is 8.75. The summed E-state index contributed by atoms with van der Waals surface area (Å²) < 4.78 is 5.48. The van der Waals surface area contributed by atoms with Crippen molar-refractivity contribution < 1.29 is 34.7 Å². The number of fused-ring (bicyclic) bond motifs is 1. The van der Waals surface area contributed by atoms with Crippen LogP contribution in [-0.4, -0.2) is 62.8 Å². The fourth-order valence-electron chi connectivity index (χ4n) is 2.51. The number of hydrogen-bond donors (Lipinski definition) is 5. The first-order valence-corrected chi connectivity index (χ1v) is 8.75. The minimum Gasteiger partial charge on any atom is -0.463 e. The minimum atomic E-state index is -1.79. The lowest BCUT2D eigenvalue weighted by Crippen LogP contribution is -2.46. The predicted octanol–water partition coefficient (Wildman–Crippen LogP) is 0.0812. The van der Waals surface area contributed by atoms with Crippen LogP contribution in [0.1, 0.15) is 0 Å². The van der Waals surface area contributed by atoms with Crippen LogP contribution in [0.5, 0.6) is 0 Å². The molecule has 29 heavy (non-hydrogen) atoms. The highest BCUT2D eigenvalue weighted by Crippen LogP contribution is 2.18. The van der Waals surface area contributed by atoms with Crippen LogP contribution in [0.4, 0.5) is 0 Å². The molecule has 3 rings (SSSR count). The van der Waals surface area contributed by atoms with Crippen LogP contribution in [0.2, 0.25) is 0 Å². The Morgan fingerprint density at radius 1 is 0.897 bits per heavy atom. The van der Waals surface area contributed by atoms with Gasteiger partial charge in [-0.25, -0.2) is 0 Å². The molecule has 0 amide bonds. The summed E-state index contributed by atoms with van der Waals surface area (Å²) in [5.41, 5.74) is 2.12. The highest BCUT2D eigenvalue weighted by molar-refractivity contribution is 5.81. The summed E-state index contributed by atoms with van der Waals surface area (Å²) in [4.78, 5) is 22.2. The Hall–Kier alpha value is -2.88. The van der Waals surface area contributed by atoms with E-state index in [9.17, 15) is 9.59 Å². The summed E-state index contributed by atoms with van der Waals surface area (Å²) in [5, 5.41) is 44.2. The zero-order chi connectivity index (χ0) is 21.4. The molecular weight excluding hydrogens is 380 g/mol. The highest BCUT2D eigenvalue weighted by Gasteiger charge is 2.29. The molecule has 1 heterocycles. The summed E-state index contributed by atoms with van der Waals surface area (Å²) >= 11 is 0. The van der Waals surface area contributed by atoms with Crippen LogP contribution in [0, 0.1) is 0 Å². The lowest BCUT2D eigenvalue weighted by molar-refractivity contribution is -0.136. The van der Waals surface area contributed by atoms with Gasteiger partial charge >= 0.3 is 0 Å². The molecular formula is C21H22O8. The average molecular weight is 402 g/mol. The van der Waals surface area contributed by atoms with Crippen molar-refractivity contribution in [2.45, 2.75) is 24.4 Å². The summed E-state index contributed by atoms with van der Waals surface area (Å²) in [5.74, 6) is 0. The molecule has 154 valence electrons. The van der Waals surface area contributed by atoms with Gasteiger partial charge in [-0.1, -0.05) is 42.5 Å². The van der Waals surface area contributed by atoms with Crippen LogP contribution >= 0.6 is 0 Å². The second kappa shape index (κ2) is 10.6. The van der Waals surface area contributed by atoms with Crippen molar-refractivity contribution in [2.75, 3.05) is 6.61 Å². The summed E-state index contributed by atoms with van der Waals surface area (Å²) in [7, 11) is 0. The molecule has 0 saturated heterocycles. The van der Waals surface area contributed by atoms with E-state index >= 15 is 0 Å². The Balaban J connectivity index is 0.000000223. The van der Waals surface area contributed by atoms with E-state index in [-0.39, 0.29) is 11.7 Å². The number of aliphatic hydroxyl groups excluding tert-OH is 5. The first kappa shape index (κ1) is 22.4. The van der Waals surface area contributed by atoms with Crippen LogP contribution in [0.25, 0.3) is 22.1 Å². The monoisotopic (exact) mass is 402 g/mol. The lowest BCUT2D eigenvalue weighted by atomic mass is 10.0. The number of carbonyl (C=O) groups is 1. The SMILES string of the molecule is O=C[C@H](O)[C@@H](O)[C@H](O)[C@H](O)CO.O=c1c(-c2ccccc2)coc2ccccc12. The molecule has 5 N–H and O–H groups in total. The molecule has 8 nitrogen and oxygen atoms in total. The van der Waals surface area contributed by atoms with E-state index < -0.39 is 31.0 Å². The van der Waals surface area contributed by atoms with Crippen molar-refractivity contribution >= 4 is 17.3 Å². The third-order valence-corrected chi connectivity index (χ3v) is 4.19. The normalized spacial score (nSPS) is 14.9. The van der Waals surface area contributed by atoms with Gasteiger partial charge in [-0.15, -0.1) is 0 Å². The van der Waals surface area contributed by atoms with E-state index in [1.165, 1.54) is 6.26 Å². The second-order valence-corrected chi connectivity index (χ2v) is 6.20. The average Bonchev–Trinajstić information content (AvgIpc) is 2.78. The Bertz CT molecular complexity index is 969. The van der Waals surface area contributed by atoms with Gasteiger partial charge < -0.3 is 34.7 Å². The van der Waals surface area contributed by atoms with Gasteiger partial charge in [0.25, 0.3) is 0 Å². The summed E-state index contributed by atoms with van der Waals surface area (Å²) in [6.45, 7) is -0.760. The fraction of sp³-hybridized carbons (Fsp3) is 0.238. The van der Waals surface area contributed by atoms with Gasteiger partial charge in [0.2, 0.25) is 0 Å². The van der Waals surface area contributed by atoms with E-state index in [0.717, 1.165) is 5.56 Å². The molecule has 0 unspecified atom stereocenters. The third kappa shape index (κ3) is 5.57. The molecule has 0 saturated carbocycles. The molecule has 0 bridgehead atoms. The number of hydrogen-bond acceptors (Lipinski definition) is 8. The fourth-order valence-corrected chi connectivity index (χ4v) is 2.51. The van der Waals surface area contributed by atoms with Gasteiger partial charge in [0.05, 0.1) is 17.6 Å². The summed E-state index contributed by atoms with van der Waals surface area (Å²) in [6.07, 6.45) is -5.31. The molecule has 8 heteroatoms. The Kier molecular flexibility index (Phi) is 8.20. The molecule has 0 radical (unpaired) electrons. The maximum absolute atomic E-state index is 12.3. The number of aliphatic hydroxyl groups is 5. The number of benzene rings is 2. The molecule has 3 aromatic rings. The van der Waals surface area contributed by atoms with Crippen LogP contribution < -0.4 is 5.43 Å². The molecule has 0 aliphatic heterocycles. The van der Waals surface area contributed by atoms with E-state index in [2.05, 4.69) is 0 Å². The summed E-state index contributed by atoms with van der Waals surface area (Å²) in [6, 6.07) is 16.8. The number of carbonyl (C=O) groups excluding carboxylic acids is 1. The molecule has 1 aromatic heterocycles. The smallest absolute Gasteiger partial charge is 0.200 e. The zero-order valence-electron chi connectivity index (χ0n) is 15.3. The second-order valence-electron chi connectivity index (χ2n) is 6.20. The van der Waals surface area contributed by atoms with Crippen molar-refractivity contribution in [1.82, 2.24) is 0 Å². The zero-order valence-corrected chi connectivity index (χ0v) is 15.3. The maximum Gasteiger partial charge on any atom is 0.200 e. The van der Waals surface area contributed by atoms with Crippen LogP contribution in [0.15, 0.2) is 70.1 Å². The predicted molar refractivity (Wildman–Crippen MR) is 105 cm³/mol. The molecule has 0 spiro atoms. The van der Waals surface area contributed by atoms with Gasteiger partial charge in [-0.2, -0.15) is 0 Å². The number of para-hydroxylation sites is 1. The third-order valence-electron chi connectivity index (χ3n) is 4.19. The first-order chi connectivity index (χ1) is 13.9. The molecule has 0 aliphatic rings. The molecule has 2 aromatic carbocycles. The van der Waals surface area contributed by atoms with Crippen molar-refractivity contribution in [3.63, 3.8) is 0 Å². The van der Waals surface area contributed by atoms with Gasteiger partial charge in [-0.05, 0) is 17.7 Å². The van der Waals surface area contributed by atoms with Gasteiger partial charge in [0.15, 0.2) is 11.7 Å². The van der Waals surface area contributed by atoms with Crippen molar-refractivity contribution in [1.29, 1.82) is 0 Å².